The van der Waals surface area contributed by atoms with E-state index >= 15 is 0 Å². The molecule has 1 aliphatic heterocycles. The van der Waals surface area contributed by atoms with Crippen LogP contribution in [-0.4, -0.2) is 16.9 Å². The second kappa shape index (κ2) is 6.36. The van der Waals surface area contributed by atoms with Gasteiger partial charge in [0.2, 0.25) is 5.91 Å². The third-order valence-corrected chi connectivity index (χ3v) is 5.01. The van der Waals surface area contributed by atoms with Crippen molar-refractivity contribution in [2.24, 2.45) is 0 Å². The number of benzene rings is 1. The zero-order valence-electron chi connectivity index (χ0n) is 14.3. The van der Waals surface area contributed by atoms with Gasteiger partial charge in [-0.2, -0.15) is 0 Å². The maximum Gasteiger partial charge on any atom is 0.251 e. The van der Waals surface area contributed by atoms with Crippen LogP contribution in [0, 0.1) is 6.92 Å². The number of H-pyrrole nitrogens is 1. The maximum atomic E-state index is 12.4. The number of aryl methyl sites for hydroxylation is 1. The van der Waals surface area contributed by atoms with Crippen LogP contribution in [0.25, 0.3) is 5.57 Å². The molecule has 1 amide bonds. The Morgan fingerprint density at radius 1 is 1.04 bits per heavy atom. The summed E-state index contributed by atoms with van der Waals surface area (Å²) in [5, 5.41) is 2.98. The molecule has 2 aliphatic rings. The highest BCUT2D eigenvalue weighted by molar-refractivity contribution is 5.82. The molecule has 25 heavy (non-hydrogen) atoms. The summed E-state index contributed by atoms with van der Waals surface area (Å²) in [7, 11) is 0. The van der Waals surface area contributed by atoms with E-state index in [1.807, 2.05) is 12.1 Å². The topological polar surface area (TPSA) is 62.0 Å². The summed E-state index contributed by atoms with van der Waals surface area (Å²) in [5.74, 6) is 0.515. The Morgan fingerprint density at radius 3 is 2.40 bits per heavy atom. The minimum atomic E-state index is 0.00784. The molecule has 1 saturated carbocycles. The predicted octanol–water partition coefficient (Wildman–Crippen LogP) is 3.27. The number of carbonyl (C=O) groups is 1. The summed E-state index contributed by atoms with van der Waals surface area (Å²) in [6.45, 7) is 2.05. The molecule has 1 saturated heterocycles. The molecule has 128 valence electrons. The van der Waals surface area contributed by atoms with Gasteiger partial charge >= 0.3 is 0 Å². The number of amides is 1. The van der Waals surface area contributed by atoms with E-state index in [0.717, 1.165) is 41.7 Å². The van der Waals surface area contributed by atoms with Crippen LogP contribution in [0.1, 0.15) is 54.0 Å². The molecule has 4 nitrogen and oxygen atoms in total. The SMILES string of the molecule is Cc1ccc(/C(=C\[C@H]2CCC(=O)N2)c2ccc(C3CC3)c(=O)[nH]2)cc1. The van der Waals surface area contributed by atoms with Gasteiger partial charge in [0.25, 0.3) is 5.56 Å². The monoisotopic (exact) mass is 334 g/mol. The predicted molar refractivity (Wildman–Crippen MR) is 98.5 cm³/mol. The number of aromatic nitrogens is 1. The van der Waals surface area contributed by atoms with E-state index in [9.17, 15) is 9.59 Å². The minimum Gasteiger partial charge on any atom is -0.350 e. The molecule has 2 heterocycles. The molecule has 0 radical (unpaired) electrons. The zero-order chi connectivity index (χ0) is 17.4. The van der Waals surface area contributed by atoms with Gasteiger partial charge in [-0.1, -0.05) is 42.0 Å². The number of hydrogen-bond donors (Lipinski definition) is 2. The fourth-order valence-corrected chi connectivity index (χ4v) is 3.40. The first-order chi connectivity index (χ1) is 12.1. The van der Waals surface area contributed by atoms with Gasteiger partial charge in [-0.15, -0.1) is 0 Å². The summed E-state index contributed by atoms with van der Waals surface area (Å²) in [6, 6.07) is 12.2. The van der Waals surface area contributed by atoms with Gasteiger partial charge in [0, 0.05) is 29.3 Å². The van der Waals surface area contributed by atoms with Crippen LogP contribution in [0.2, 0.25) is 0 Å². The van der Waals surface area contributed by atoms with Gasteiger partial charge in [0.1, 0.15) is 0 Å². The molecule has 1 aromatic heterocycles. The van der Waals surface area contributed by atoms with Gasteiger partial charge in [0.15, 0.2) is 0 Å². The number of rotatable bonds is 4. The Hall–Kier alpha value is -2.62. The van der Waals surface area contributed by atoms with Crippen LogP contribution in [-0.2, 0) is 4.79 Å². The Morgan fingerprint density at radius 2 is 1.80 bits per heavy atom. The second-order valence-electron chi connectivity index (χ2n) is 7.09. The number of carbonyl (C=O) groups excluding carboxylic acids is 1. The van der Waals surface area contributed by atoms with E-state index in [0.29, 0.717) is 12.3 Å². The van der Waals surface area contributed by atoms with Crippen LogP contribution < -0.4 is 10.9 Å². The fraction of sp³-hybridized carbons (Fsp3) is 0.333. The highest BCUT2D eigenvalue weighted by Gasteiger charge is 2.26. The van der Waals surface area contributed by atoms with Crippen molar-refractivity contribution in [3.8, 4) is 0 Å². The lowest BCUT2D eigenvalue weighted by Crippen LogP contribution is -2.23. The third-order valence-electron chi connectivity index (χ3n) is 5.01. The molecule has 4 heteroatoms. The Kier molecular flexibility index (Phi) is 4.04. The molecule has 2 fully saturated rings. The summed E-state index contributed by atoms with van der Waals surface area (Å²) >= 11 is 0. The van der Waals surface area contributed by atoms with Crippen LogP contribution in [0.3, 0.4) is 0 Å². The average molecular weight is 334 g/mol. The summed E-state index contributed by atoms with van der Waals surface area (Å²) in [6.07, 6.45) is 5.63. The average Bonchev–Trinajstić information content (AvgIpc) is 3.35. The fourth-order valence-electron chi connectivity index (χ4n) is 3.40. The Labute approximate surface area is 147 Å². The van der Waals surface area contributed by atoms with Crippen LogP contribution in [0.5, 0.6) is 0 Å². The standard InChI is InChI=1S/C21H22N2O2/c1-13-2-4-15(5-3-13)18(12-16-8-11-20(24)22-16)19-10-9-17(14-6-7-14)21(25)23-19/h2-5,9-10,12,14,16H,6-8,11H2,1H3,(H,22,24)(H,23,25)/b18-12+/t16-/m1/s1. The van der Waals surface area contributed by atoms with Crippen LogP contribution >= 0.6 is 0 Å². The lowest BCUT2D eigenvalue weighted by atomic mass is 9.97. The van der Waals surface area contributed by atoms with E-state index in [4.69, 9.17) is 0 Å². The van der Waals surface area contributed by atoms with E-state index in [1.165, 1.54) is 5.56 Å². The second-order valence-corrected chi connectivity index (χ2v) is 7.09. The lowest BCUT2D eigenvalue weighted by molar-refractivity contribution is -0.119. The van der Waals surface area contributed by atoms with Crippen molar-refractivity contribution in [1.82, 2.24) is 10.3 Å². The molecule has 1 atom stereocenters. The van der Waals surface area contributed by atoms with Crippen molar-refractivity contribution in [3.63, 3.8) is 0 Å². The van der Waals surface area contributed by atoms with Gasteiger partial charge in [0.05, 0.1) is 0 Å². The molecular weight excluding hydrogens is 312 g/mol. The number of hydrogen-bond acceptors (Lipinski definition) is 2. The Balaban J connectivity index is 1.75. The molecule has 0 spiro atoms. The zero-order valence-corrected chi connectivity index (χ0v) is 14.3. The first kappa shape index (κ1) is 15.9. The van der Waals surface area contributed by atoms with Crippen molar-refractivity contribution in [3.05, 3.63) is 75.2 Å². The number of aromatic amines is 1. The molecule has 1 aromatic carbocycles. The highest BCUT2D eigenvalue weighted by atomic mass is 16.2. The van der Waals surface area contributed by atoms with Crippen molar-refractivity contribution in [1.29, 1.82) is 0 Å². The Bertz CT molecular complexity index is 889. The van der Waals surface area contributed by atoms with Crippen molar-refractivity contribution >= 4 is 11.5 Å². The molecule has 2 N–H and O–H groups in total. The lowest BCUT2D eigenvalue weighted by Gasteiger charge is -2.13. The summed E-state index contributed by atoms with van der Waals surface area (Å²) in [4.78, 5) is 27.0. The molecule has 0 unspecified atom stereocenters. The molecule has 0 bridgehead atoms. The number of nitrogens with one attached hydrogen (secondary N) is 2. The van der Waals surface area contributed by atoms with Crippen molar-refractivity contribution < 1.29 is 4.79 Å². The summed E-state index contributed by atoms with van der Waals surface area (Å²) < 4.78 is 0. The van der Waals surface area contributed by atoms with Crippen LogP contribution in [0.4, 0.5) is 0 Å². The molecular formula is C21H22N2O2. The molecule has 4 rings (SSSR count). The van der Waals surface area contributed by atoms with E-state index < -0.39 is 0 Å². The third kappa shape index (κ3) is 3.43. The largest absolute Gasteiger partial charge is 0.350 e. The number of pyridine rings is 1. The first-order valence-electron chi connectivity index (χ1n) is 8.92. The van der Waals surface area contributed by atoms with Crippen molar-refractivity contribution in [2.45, 2.75) is 44.6 Å². The van der Waals surface area contributed by atoms with Gasteiger partial charge < -0.3 is 10.3 Å². The van der Waals surface area contributed by atoms with E-state index in [-0.39, 0.29) is 17.5 Å². The van der Waals surface area contributed by atoms with Crippen molar-refractivity contribution in [2.75, 3.05) is 0 Å². The summed E-state index contributed by atoms with van der Waals surface area (Å²) in [5.41, 5.74) is 4.90. The first-order valence-corrected chi connectivity index (χ1v) is 8.92. The molecule has 1 aliphatic carbocycles. The smallest absolute Gasteiger partial charge is 0.251 e. The van der Waals surface area contributed by atoms with Gasteiger partial charge in [-0.3, -0.25) is 9.59 Å². The molecule has 2 aromatic rings. The van der Waals surface area contributed by atoms with Gasteiger partial charge in [-0.05, 0) is 43.7 Å². The quantitative estimate of drug-likeness (QED) is 0.901. The normalized spacial score (nSPS) is 20.6. The van der Waals surface area contributed by atoms with E-state index in [2.05, 4.69) is 47.6 Å². The van der Waals surface area contributed by atoms with Crippen LogP contribution in [0.15, 0.2) is 47.3 Å². The highest BCUT2D eigenvalue weighted by Crippen LogP contribution is 2.38. The minimum absolute atomic E-state index is 0.00784. The maximum absolute atomic E-state index is 12.4. The van der Waals surface area contributed by atoms with E-state index in [1.54, 1.807) is 0 Å². The van der Waals surface area contributed by atoms with Gasteiger partial charge in [-0.25, -0.2) is 0 Å².